The van der Waals surface area contributed by atoms with Gasteiger partial charge in [-0.05, 0) is 12.1 Å². The lowest BCUT2D eigenvalue weighted by Gasteiger charge is -2.37. The van der Waals surface area contributed by atoms with Crippen LogP contribution < -0.4 is 10.2 Å². The lowest BCUT2D eigenvalue weighted by molar-refractivity contribution is 0.369. The first-order valence-electron chi connectivity index (χ1n) is 7.81. The van der Waals surface area contributed by atoms with Crippen LogP contribution in [0.5, 0.6) is 0 Å². The number of hydrogen-bond acceptors (Lipinski definition) is 5. The highest BCUT2D eigenvalue weighted by Gasteiger charge is 2.19. The van der Waals surface area contributed by atoms with Gasteiger partial charge in [-0.1, -0.05) is 23.4 Å². The minimum absolute atomic E-state index is 0. The van der Waals surface area contributed by atoms with E-state index in [2.05, 4.69) is 54.5 Å². The van der Waals surface area contributed by atoms with Crippen LogP contribution in [0.15, 0.2) is 39.8 Å². The molecular weight excluding hydrogens is 419 g/mol. The van der Waals surface area contributed by atoms with E-state index in [0.29, 0.717) is 18.3 Å². The Balaban J connectivity index is 0.00000208. The molecule has 1 aliphatic heterocycles. The zero-order valence-corrected chi connectivity index (χ0v) is 16.3. The quantitative estimate of drug-likeness (QED) is 0.445. The van der Waals surface area contributed by atoms with Crippen molar-refractivity contribution in [3.05, 3.63) is 42.0 Å². The van der Waals surface area contributed by atoms with Gasteiger partial charge in [0.2, 0.25) is 5.89 Å². The third-order valence-electron chi connectivity index (χ3n) is 3.89. The second-order valence-corrected chi connectivity index (χ2v) is 5.44. The molecule has 0 radical (unpaired) electrons. The number of aliphatic imine (C=N–C) groups is 1. The fraction of sp³-hybridized carbons (Fsp3) is 0.438. The van der Waals surface area contributed by atoms with Crippen LogP contribution in [-0.2, 0) is 6.54 Å². The molecule has 2 aromatic rings. The van der Waals surface area contributed by atoms with Crippen LogP contribution in [0.2, 0.25) is 0 Å². The van der Waals surface area contributed by atoms with Crippen molar-refractivity contribution in [2.24, 2.45) is 4.99 Å². The van der Waals surface area contributed by atoms with Crippen molar-refractivity contribution in [2.75, 3.05) is 38.1 Å². The summed E-state index contributed by atoms with van der Waals surface area (Å²) in [5, 5.41) is 7.18. The Morgan fingerprint density at radius 3 is 2.50 bits per heavy atom. The number of hydrogen-bond donors (Lipinski definition) is 1. The Morgan fingerprint density at radius 1 is 1.21 bits per heavy atom. The van der Waals surface area contributed by atoms with Crippen LogP contribution in [-0.4, -0.2) is 54.2 Å². The van der Waals surface area contributed by atoms with Crippen LogP contribution in [0.1, 0.15) is 11.7 Å². The van der Waals surface area contributed by atoms with Gasteiger partial charge in [0.05, 0.1) is 6.54 Å². The van der Waals surface area contributed by atoms with Crippen molar-refractivity contribution in [3.8, 4) is 0 Å². The lowest BCUT2D eigenvalue weighted by atomic mass is 10.2. The molecule has 7 nitrogen and oxygen atoms in total. The van der Waals surface area contributed by atoms with E-state index in [4.69, 9.17) is 4.52 Å². The van der Waals surface area contributed by atoms with Crippen molar-refractivity contribution in [3.63, 3.8) is 0 Å². The van der Waals surface area contributed by atoms with E-state index < -0.39 is 0 Å². The number of nitrogens with one attached hydrogen (secondary N) is 1. The van der Waals surface area contributed by atoms with Crippen LogP contribution in [0.25, 0.3) is 0 Å². The first-order valence-corrected chi connectivity index (χ1v) is 7.81. The summed E-state index contributed by atoms with van der Waals surface area (Å²) in [4.78, 5) is 13.2. The van der Waals surface area contributed by atoms with Crippen LogP contribution in [0.4, 0.5) is 5.69 Å². The maximum Gasteiger partial charge on any atom is 0.223 e. The molecule has 1 aliphatic rings. The van der Waals surface area contributed by atoms with Crippen LogP contribution in [0, 0.1) is 6.92 Å². The summed E-state index contributed by atoms with van der Waals surface area (Å²) in [6.07, 6.45) is 0. The molecule has 1 saturated heterocycles. The molecule has 24 heavy (non-hydrogen) atoms. The van der Waals surface area contributed by atoms with E-state index in [1.54, 1.807) is 14.0 Å². The average molecular weight is 442 g/mol. The van der Waals surface area contributed by atoms with Gasteiger partial charge in [0.15, 0.2) is 11.8 Å². The molecule has 0 aliphatic carbocycles. The molecule has 1 aromatic heterocycles. The number of halogens is 1. The summed E-state index contributed by atoms with van der Waals surface area (Å²) in [6.45, 7) is 6.12. The summed E-state index contributed by atoms with van der Waals surface area (Å²) < 4.78 is 4.98. The number of aromatic nitrogens is 2. The number of anilines is 1. The third kappa shape index (κ3) is 4.59. The Bertz CT molecular complexity index is 652. The van der Waals surface area contributed by atoms with E-state index >= 15 is 0 Å². The second kappa shape index (κ2) is 8.86. The van der Waals surface area contributed by atoms with E-state index in [0.717, 1.165) is 32.1 Å². The molecular formula is C16H23IN6O. The van der Waals surface area contributed by atoms with Gasteiger partial charge in [-0.15, -0.1) is 24.0 Å². The van der Waals surface area contributed by atoms with Gasteiger partial charge >= 0.3 is 0 Å². The van der Waals surface area contributed by atoms with E-state index in [-0.39, 0.29) is 24.0 Å². The SMILES string of the molecule is CN=C(NCc1noc(C)n1)N1CCN(c2ccccc2)CC1.I. The van der Waals surface area contributed by atoms with Gasteiger partial charge in [0, 0.05) is 45.8 Å². The number of rotatable bonds is 3. The predicted octanol–water partition coefficient (Wildman–Crippen LogP) is 1.89. The summed E-state index contributed by atoms with van der Waals surface area (Å²) in [5.41, 5.74) is 1.28. The Morgan fingerprint density at radius 2 is 1.92 bits per heavy atom. The molecule has 0 bridgehead atoms. The third-order valence-corrected chi connectivity index (χ3v) is 3.89. The molecule has 0 saturated carbocycles. The molecule has 2 heterocycles. The zero-order valence-electron chi connectivity index (χ0n) is 14.0. The molecule has 3 rings (SSSR count). The number of aryl methyl sites for hydroxylation is 1. The molecule has 1 aromatic carbocycles. The molecule has 1 N–H and O–H groups in total. The van der Waals surface area contributed by atoms with Crippen molar-refractivity contribution >= 4 is 35.6 Å². The van der Waals surface area contributed by atoms with Crippen LogP contribution >= 0.6 is 24.0 Å². The summed E-state index contributed by atoms with van der Waals surface area (Å²) in [7, 11) is 1.80. The van der Waals surface area contributed by atoms with E-state index in [1.165, 1.54) is 5.69 Å². The number of piperazine rings is 1. The first-order chi connectivity index (χ1) is 11.3. The van der Waals surface area contributed by atoms with Crippen molar-refractivity contribution in [1.29, 1.82) is 0 Å². The second-order valence-electron chi connectivity index (χ2n) is 5.44. The van der Waals surface area contributed by atoms with Gasteiger partial charge in [-0.2, -0.15) is 4.98 Å². The highest BCUT2D eigenvalue weighted by Crippen LogP contribution is 2.15. The minimum Gasteiger partial charge on any atom is -0.368 e. The largest absolute Gasteiger partial charge is 0.368 e. The van der Waals surface area contributed by atoms with Gasteiger partial charge in [-0.25, -0.2) is 0 Å². The summed E-state index contributed by atoms with van der Waals surface area (Å²) in [5.74, 6) is 2.10. The molecule has 0 amide bonds. The van der Waals surface area contributed by atoms with Gasteiger partial charge in [0.1, 0.15) is 0 Å². The Labute approximate surface area is 159 Å². The maximum absolute atomic E-state index is 4.98. The Hall–Kier alpha value is -1.84. The zero-order chi connectivity index (χ0) is 16.1. The topological polar surface area (TPSA) is 69.8 Å². The highest BCUT2D eigenvalue weighted by molar-refractivity contribution is 14.0. The predicted molar refractivity (Wildman–Crippen MR) is 105 cm³/mol. The van der Waals surface area contributed by atoms with Crippen molar-refractivity contribution in [1.82, 2.24) is 20.4 Å². The van der Waals surface area contributed by atoms with Crippen LogP contribution in [0.3, 0.4) is 0 Å². The van der Waals surface area contributed by atoms with Gasteiger partial charge in [0.25, 0.3) is 0 Å². The fourth-order valence-corrected chi connectivity index (χ4v) is 2.72. The smallest absolute Gasteiger partial charge is 0.223 e. The van der Waals surface area contributed by atoms with E-state index in [9.17, 15) is 0 Å². The first kappa shape index (κ1) is 18.5. The van der Waals surface area contributed by atoms with E-state index in [1.807, 2.05) is 6.07 Å². The molecule has 0 atom stereocenters. The fourth-order valence-electron chi connectivity index (χ4n) is 2.72. The summed E-state index contributed by atoms with van der Waals surface area (Å²) in [6, 6.07) is 10.5. The molecule has 0 spiro atoms. The molecule has 8 heteroatoms. The lowest BCUT2D eigenvalue weighted by Crippen LogP contribution is -2.52. The van der Waals surface area contributed by atoms with Gasteiger partial charge < -0.3 is 19.6 Å². The average Bonchev–Trinajstić information content (AvgIpc) is 3.02. The monoisotopic (exact) mass is 442 g/mol. The normalized spacial score (nSPS) is 15.2. The number of guanidine groups is 1. The number of benzene rings is 1. The molecule has 1 fully saturated rings. The number of para-hydroxylation sites is 1. The van der Waals surface area contributed by atoms with Gasteiger partial charge in [-0.3, -0.25) is 4.99 Å². The highest BCUT2D eigenvalue weighted by atomic mass is 127. The summed E-state index contributed by atoms with van der Waals surface area (Å²) >= 11 is 0. The number of nitrogens with zero attached hydrogens (tertiary/aromatic N) is 5. The Kier molecular flexibility index (Phi) is 6.83. The minimum atomic E-state index is 0. The molecule has 0 unspecified atom stereocenters. The molecule has 130 valence electrons. The van der Waals surface area contributed by atoms with Crippen molar-refractivity contribution < 1.29 is 4.52 Å². The van der Waals surface area contributed by atoms with Crippen molar-refractivity contribution in [2.45, 2.75) is 13.5 Å². The maximum atomic E-state index is 4.98. The standard InChI is InChI=1S/C16H22N6O.HI/c1-13-19-15(20-23-13)12-18-16(17-2)22-10-8-21(9-11-22)14-6-4-3-5-7-14;/h3-7H,8-12H2,1-2H3,(H,17,18);1H.